The number of anilines is 1. The lowest BCUT2D eigenvalue weighted by atomic mass is 10.0. The number of carbonyl (C=O) groups is 2. The van der Waals surface area contributed by atoms with Crippen molar-refractivity contribution in [1.82, 2.24) is 0 Å². The van der Waals surface area contributed by atoms with Crippen LogP contribution in [0.3, 0.4) is 0 Å². The van der Waals surface area contributed by atoms with E-state index in [-0.39, 0.29) is 5.57 Å². The molecular weight excluding hydrogens is 340 g/mol. The average molecular weight is 362 g/mol. The maximum Gasteiger partial charge on any atom is 0.349 e. The number of benzene rings is 2. The summed E-state index contributed by atoms with van der Waals surface area (Å²) in [6.07, 6.45) is 1.45. The highest BCUT2D eigenvalue weighted by molar-refractivity contribution is 6.00. The first-order valence-electron chi connectivity index (χ1n) is 8.65. The van der Waals surface area contributed by atoms with Crippen molar-refractivity contribution < 1.29 is 14.3 Å². The second-order valence-corrected chi connectivity index (χ2v) is 6.43. The summed E-state index contributed by atoms with van der Waals surface area (Å²) in [5, 5.41) is 11.9. The number of amides is 1. The standard InChI is InChI=1S/C22H22N2O3/c1-15(2)18-10-8-17(9-11-18)12-19(13-23)22(26)27-14-21(25)24-20-7-5-4-6-16(20)3/h4-12,15H,14H2,1-3H3,(H,24,25)/b19-12+. The number of nitrogens with zero attached hydrogens (tertiary/aromatic N) is 1. The number of hydrogen-bond donors (Lipinski definition) is 1. The van der Waals surface area contributed by atoms with Gasteiger partial charge in [0.25, 0.3) is 5.91 Å². The van der Waals surface area contributed by atoms with Crippen molar-refractivity contribution in [1.29, 1.82) is 5.26 Å². The van der Waals surface area contributed by atoms with Crippen molar-refractivity contribution in [2.75, 3.05) is 11.9 Å². The predicted molar refractivity (Wildman–Crippen MR) is 105 cm³/mol. The number of esters is 1. The van der Waals surface area contributed by atoms with E-state index < -0.39 is 18.5 Å². The molecule has 138 valence electrons. The first kappa shape index (κ1) is 19.9. The predicted octanol–water partition coefficient (Wildman–Crippen LogP) is 4.21. The topological polar surface area (TPSA) is 79.2 Å². The van der Waals surface area contributed by atoms with Crippen LogP contribution in [0.5, 0.6) is 0 Å². The van der Waals surface area contributed by atoms with Crippen LogP contribution in [0.1, 0.15) is 36.5 Å². The number of carbonyl (C=O) groups excluding carboxylic acids is 2. The molecule has 5 nitrogen and oxygen atoms in total. The molecule has 1 amide bonds. The minimum Gasteiger partial charge on any atom is -0.451 e. The van der Waals surface area contributed by atoms with Gasteiger partial charge in [0.05, 0.1) is 0 Å². The molecule has 2 rings (SSSR count). The number of aryl methyl sites for hydroxylation is 1. The van der Waals surface area contributed by atoms with Crippen LogP contribution in [0.2, 0.25) is 0 Å². The molecule has 0 aromatic heterocycles. The van der Waals surface area contributed by atoms with Crippen molar-refractivity contribution in [3.63, 3.8) is 0 Å². The molecule has 0 unspecified atom stereocenters. The van der Waals surface area contributed by atoms with Crippen LogP contribution >= 0.6 is 0 Å². The number of para-hydroxylation sites is 1. The molecule has 0 aliphatic heterocycles. The third kappa shape index (κ3) is 5.82. The molecule has 2 aromatic carbocycles. The Morgan fingerprint density at radius 1 is 1.15 bits per heavy atom. The van der Waals surface area contributed by atoms with Gasteiger partial charge in [-0.1, -0.05) is 56.3 Å². The van der Waals surface area contributed by atoms with Gasteiger partial charge in [-0.3, -0.25) is 4.79 Å². The van der Waals surface area contributed by atoms with Gasteiger partial charge >= 0.3 is 5.97 Å². The van der Waals surface area contributed by atoms with Gasteiger partial charge in [0.2, 0.25) is 0 Å². The number of nitriles is 1. The number of hydrogen-bond acceptors (Lipinski definition) is 4. The Hall–Kier alpha value is -3.39. The zero-order valence-corrected chi connectivity index (χ0v) is 15.7. The van der Waals surface area contributed by atoms with Crippen LogP contribution in [-0.2, 0) is 14.3 Å². The van der Waals surface area contributed by atoms with Crippen LogP contribution in [0.25, 0.3) is 6.08 Å². The van der Waals surface area contributed by atoms with E-state index >= 15 is 0 Å². The van der Waals surface area contributed by atoms with Crippen molar-refractivity contribution in [2.45, 2.75) is 26.7 Å². The molecule has 0 heterocycles. The summed E-state index contributed by atoms with van der Waals surface area (Å²) in [4.78, 5) is 24.0. The van der Waals surface area contributed by atoms with E-state index in [1.807, 2.05) is 49.4 Å². The van der Waals surface area contributed by atoms with Crippen LogP contribution in [0, 0.1) is 18.3 Å². The SMILES string of the molecule is Cc1ccccc1NC(=O)COC(=O)/C(C#N)=C/c1ccc(C(C)C)cc1. The first-order valence-corrected chi connectivity index (χ1v) is 8.65. The summed E-state index contributed by atoms with van der Waals surface area (Å²) in [6.45, 7) is 5.58. The molecule has 1 N–H and O–H groups in total. The van der Waals surface area contributed by atoms with Gasteiger partial charge in [-0.05, 0) is 41.7 Å². The number of ether oxygens (including phenoxy) is 1. The molecule has 0 aliphatic carbocycles. The number of nitrogens with one attached hydrogen (secondary N) is 1. The fourth-order valence-corrected chi connectivity index (χ4v) is 2.39. The second kappa shape index (κ2) is 9.35. The minimum absolute atomic E-state index is 0.156. The molecule has 0 bridgehead atoms. The quantitative estimate of drug-likeness (QED) is 0.474. The third-order valence-electron chi connectivity index (χ3n) is 4.01. The van der Waals surface area contributed by atoms with Gasteiger partial charge < -0.3 is 10.1 Å². The summed E-state index contributed by atoms with van der Waals surface area (Å²) in [5.74, 6) is -0.892. The zero-order valence-electron chi connectivity index (χ0n) is 15.7. The van der Waals surface area contributed by atoms with Crippen LogP contribution in [-0.4, -0.2) is 18.5 Å². The van der Waals surface area contributed by atoms with Gasteiger partial charge in [-0.2, -0.15) is 5.26 Å². The Bertz CT molecular complexity index is 891. The zero-order chi connectivity index (χ0) is 19.8. The molecule has 0 spiro atoms. The van der Waals surface area contributed by atoms with Crippen LogP contribution in [0.4, 0.5) is 5.69 Å². The highest BCUT2D eigenvalue weighted by Crippen LogP contribution is 2.17. The lowest BCUT2D eigenvalue weighted by Crippen LogP contribution is -2.21. The molecule has 0 aliphatic rings. The van der Waals surface area contributed by atoms with Gasteiger partial charge in [0.1, 0.15) is 11.6 Å². The van der Waals surface area contributed by atoms with Crippen molar-refractivity contribution >= 4 is 23.6 Å². The molecule has 0 radical (unpaired) electrons. The molecule has 0 saturated heterocycles. The van der Waals surface area contributed by atoms with E-state index in [0.29, 0.717) is 11.6 Å². The van der Waals surface area contributed by atoms with Gasteiger partial charge in [0, 0.05) is 5.69 Å². The molecule has 0 fully saturated rings. The first-order chi connectivity index (χ1) is 12.9. The van der Waals surface area contributed by atoms with E-state index in [0.717, 1.165) is 11.1 Å². The smallest absolute Gasteiger partial charge is 0.349 e. The van der Waals surface area contributed by atoms with E-state index in [2.05, 4.69) is 19.2 Å². The number of rotatable bonds is 6. The molecular formula is C22H22N2O3. The molecule has 2 aromatic rings. The molecule has 27 heavy (non-hydrogen) atoms. The van der Waals surface area contributed by atoms with E-state index in [1.165, 1.54) is 11.6 Å². The monoisotopic (exact) mass is 362 g/mol. The Morgan fingerprint density at radius 2 is 1.81 bits per heavy atom. The molecule has 0 saturated carbocycles. The normalized spacial score (nSPS) is 11.0. The summed E-state index contributed by atoms with van der Waals surface area (Å²) >= 11 is 0. The fourth-order valence-electron chi connectivity index (χ4n) is 2.39. The third-order valence-corrected chi connectivity index (χ3v) is 4.01. The second-order valence-electron chi connectivity index (χ2n) is 6.43. The highest BCUT2D eigenvalue weighted by Gasteiger charge is 2.14. The van der Waals surface area contributed by atoms with E-state index in [4.69, 9.17) is 4.74 Å². The Morgan fingerprint density at radius 3 is 2.41 bits per heavy atom. The molecule has 5 heteroatoms. The van der Waals surface area contributed by atoms with Gasteiger partial charge in [-0.25, -0.2) is 4.79 Å². The van der Waals surface area contributed by atoms with Crippen molar-refractivity contribution in [3.05, 3.63) is 70.8 Å². The maximum atomic E-state index is 12.1. The fraction of sp³-hybridized carbons (Fsp3) is 0.227. The van der Waals surface area contributed by atoms with Crippen LogP contribution < -0.4 is 5.32 Å². The van der Waals surface area contributed by atoms with Crippen molar-refractivity contribution in [2.24, 2.45) is 0 Å². The Kier molecular flexibility index (Phi) is 6.90. The molecule has 0 atom stereocenters. The van der Waals surface area contributed by atoms with Crippen molar-refractivity contribution in [3.8, 4) is 6.07 Å². The summed E-state index contributed by atoms with van der Waals surface area (Å²) in [7, 11) is 0. The Balaban J connectivity index is 1.97. The summed E-state index contributed by atoms with van der Waals surface area (Å²) in [5.41, 5.74) is 3.29. The largest absolute Gasteiger partial charge is 0.451 e. The van der Waals surface area contributed by atoms with Gasteiger partial charge in [-0.15, -0.1) is 0 Å². The van der Waals surface area contributed by atoms with Crippen LogP contribution in [0.15, 0.2) is 54.1 Å². The average Bonchev–Trinajstić information content (AvgIpc) is 2.66. The lowest BCUT2D eigenvalue weighted by Gasteiger charge is -2.08. The maximum absolute atomic E-state index is 12.1. The Labute approximate surface area is 159 Å². The summed E-state index contributed by atoms with van der Waals surface area (Å²) in [6, 6.07) is 16.7. The lowest BCUT2D eigenvalue weighted by molar-refractivity contribution is -0.142. The van der Waals surface area contributed by atoms with Gasteiger partial charge in [0.15, 0.2) is 6.61 Å². The van der Waals surface area contributed by atoms with E-state index in [1.54, 1.807) is 12.1 Å². The highest BCUT2D eigenvalue weighted by atomic mass is 16.5. The van der Waals surface area contributed by atoms with E-state index in [9.17, 15) is 14.9 Å². The minimum atomic E-state index is -0.828. The summed E-state index contributed by atoms with van der Waals surface area (Å²) < 4.78 is 4.96.